The zero-order valence-corrected chi connectivity index (χ0v) is 12.9. The molecule has 4 nitrogen and oxygen atoms in total. The fourth-order valence-electron chi connectivity index (χ4n) is 2.38. The molecule has 0 radical (unpaired) electrons. The molecule has 0 aliphatic carbocycles. The monoisotopic (exact) mass is 269 g/mol. The Bertz CT molecular complexity index is 333. The number of amides is 1. The molecule has 0 aromatic rings. The maximum Gasteiger partial charge on any atom is 0.306 e. The number of carbonyl (C=O) groups is 2. The topological polar surface area (TPSA) is 46.6 Å². The SMILES string of the molecule is CC1CCC(C)N(C(=O)CCC(=O)OC(C)(C)C)C1. The highest BCUT2D eigenvalue weighted by atomic mass is 16.6. The van der Waals surface area contributed by atoms with Crippen molar-refractivity contribution in [3.63, 3.8) is 0 Å². The highest BCUT2D eigenvalue weighted by Gasteiger charge is 2.27. The van der Waals surface area contributed by atoms with Crippen molar-refractivity contribution >= 4 is 11.9 Å². The van der Waals surface area contributed by atoms with Gasteiger partial charge in [0.1, 0.15) is 5.60 Å². The first-order valence-corrected chi connectivity index (χ1v) is 7.20. The van der Waals surface area contributed by atoms with E-state index in [1.54, 1.807) is 0 Å². The smallest absolute Gasteiger partial charge is 0.306 e. The third kappa shape index (κ3) is 5.62. The summed E-state index contributed by atoms with van der Waals surface area (Å²) in [4.78, 5) is 25.7. The maximum atomic E-state index is 12.1. The van der Waals surface area contributed by atoms with Crippen LogP contribution in [0.2, 0.25) is 0 Å². The first kappa shape index (κ1) is 16.0. The van der Waals surface area contributed by atoms with Crippen LogP contribution in [0.4, 0.5) is 0 Å². The fraction of sp³-hybridized carbons (Fsp3) is 0.867. The lowest BCUT2D eigenvalue weighted by Gasteiger charge is -2.37. The number of hydrogen-bond donors (Lipinski definition) is 0. The average molecular weight is 269 g/mol. The van der Waals surface area contributed by atoms with Crippen molar-refractivity contribution in [3.8, 4) is 0 Å². The summed E-state index contributed by atoms with van der Waals surface area (Å²) in [6.07, 6.45) is 2.66. The molecule has 0 aromatic carbocycles. The van der Waals surface area contributed by atoms with Gasteiger partial charge in [0.15, 0.2) is 0 Å². The van der Waals surface area contributed by atoms with Crippen molar-refractivity contribution < 1.29 is 14.3 Å². The Morgan fingerprint density at radius 3 is 2.37 bits per heavy atom. The van der Waals surface area contributed by atoms with E-state index in [4.69, 9.17) is 4.74 Å². The predicted molar refractivity (Wildman–Crippen MR) is 74.7 cm³/mol. The quantitative estimate of drug-likeness (QED) is 0.740. The first-order chi connectivity index (χ1) is 8.69. The Kier molecular flexibility index (Phi) is 5.39. The molecule has 1 aliphatic rings. The van der Waals surface area contributed by atoms with Gasteiger partial charge in [-0.25, -0.2) is 0 Å². The van der Waals surface area contributed by atoms with Crippen LogP contribution in [0.15, 0.2) is 0 Å². The third-order valence-corrected chi connectivity index (χ3v) is 3.40. The number of ether oxygens (including phenoxy) is 1. The molecule has 0 spiro atoms. The molecule has 110 valence electrons. The molecule has 0 saturated carbocycles. The van der Waals surface area contributed by atoms with Crippen molar-refractivity contribution in [2.75, 3.05) is 6.54 Å². The van der Waals surface area contributed by atoms with Crippen LogP contribution < -0.4 is 0 Å². The molecule has 1 amide bonds. The molecule has 1 fully saturated rings. The van der Waals surface area contributed by atoms with Gasteiger partial charge in [0, 0.05) is 19.0 Å². The second-order valence-corrected chi connectivity index (χ2v) is 6.66. The van der Waals surface area contributed by atoms with Crippen LogP contribution in [0.5, 0.6) is 0 Å². The van der Waals surface area contributed by atoms with Crippen LogP contribution in [0, 0.1) is 5.92 Å². The summed E-state index contributed by atoms with van der Waals surface area (Å²) < 4.78 is 5.21. The lowest BCUT2D eigenvalue weighted by Crippen LogP contribution is -2.45. The molecule has 1 heterocycles. The van der Waals surface area contributed by atoms with Crippen molar-refractivity contribution in [3.05, 3.63) is 0 Å². The lowest BCUT2D eigenvalue weighted by molar-refractivity contribution is -0.156. The van der Waals surface area contributed by atoms with Gasteiger partial charge in [0.25, 0.3) is 0 Å². The zero-order valence-electron chi connectivity index (χ0n) is 12.9. The maximum absolute atomic E-state index is 12.1. The number of nitrogens with zero attached hydrogens (tertiary/aromatic N) is 1. The van der Waals surface area contributed by atoms with Crippen molar-refractivity contribution in [1.82, 2.24) is 4.90 Å². The molecule has 0 aromatic heterocycles. The highest BCUT2D eigenvalue weighted by Crippen LogP contribution is 2.22. The Hall–Kier alpha value is -1.06. The van der Waals surface area contributed by atoms with Crippen LogP contribution in [0.1, 0.15) is 60.3 Å². The average Bonchev–Trinajstić information content (AvgIpc) is 2.27. The summed E-state index contributed by atoms with van der Waals surface area (Å²) in [5.74, 6) is 0.338. The van der Waals surface area contributed by atoms with E-state index in [0.29, 0.717) is 12.0 Å². The fourth-order valence-corrected chi connectivity index (χ4v) is 2.38. The zero-order chi connectivity index (χ0) is 14.6. The van der Waals surface area contributed by atoms with Gasteiger partial charge >= 0.3 is 5.97 Å². The van der Waals surface area contributed by atoms with E-state index < -0.39 is 5.60 Å². The van der Waals surface area contributed by atoms with Crippen LogP contribution in [-0.4, -0.2) is 35.0 Å². The minimum atomic E-state index is -0.479. The van der Waals surface area contributed by atoms with Gasteiger partial charge in [-0.1, -0.05) is 6.92 Å². The van der Waals surface area contributed by atoms with E-state index >= 15 is 0 Å². The minimum absolute atomic E-state index is 0.0740. The normalized spacial score (nSPS) is 24.2. The number of hydrogen-bond acceptors (Lipinski definition) is 3. The minimum Gasteiger partial charge on any atom is -0.460 e. The van der Waals surface area contributed by atoms with Crippen LogP contribution in [0.25, 0.3) is 0 Å². The van der Waals surface area contributed by atoms with Crippen LogP contribution >= 0.6 is 0 Å². The number of piperidine rings is 1. The number of esters is 1. The molecule has 0 bridgehead atoms. The number of rotatable bonds is 3. The number of carbonyl (C=O) groups excluding carboxylic acids is 2. The van der Waals surface area contributed by atoms with Gasteiger partial charge in [-0.2, -0.15) is 0 Å². The van der Waals surface area contributed by atoms with Crippen LogP contribution in [-0.2, 0) is 14.3 Å². The summed E-state index contributed by atoms with van der Waals surface area (Å²) in [7, 11) is 0. The number of likely N-dealkylation sites (tertiary alicyclic amines) is 1. The van der Waals surface area contributed by atoms with Gasteiger partial charge in [0.2, 0.25) is 5.91 Å². The van der Waals surface area contributed by atoms with E-state index in [2.05, 4.69) is 13.8 Å². The molecule has 19 heavy (non-hydrogen) atoms. The molecule has 2 atom stereocenters. The second kappa shape index (κ2) is 6.40. The summed E-state index contributed by atoms with van der Waals surface area (Å²) in [5.41, 5.74) is -0.479. The van der Waals surface area contributed by atoms with Gasteiger partial charge in [0.05, 0.1) is 6.42 Å². The molecule has 1 aliphatic heterocycles. The molecule has 1 saturated heterocycles. The Balaban J connectivity index is 2.40. The Labute approximate surface area is 116 Å². The standard InChI is InChI=1S/C15H27NO3/c1-11-6-7-12(2)16(10-11)13(17)8-9-14(18)19-15(3,4)5/h11-12H,6-10H2,1-5H3. The summed E-state index contributed by atoms with van der Waals surface area (Å²) >= 11 is 0. The van der Waals surface area contributed by atoms with E-state index in [1.807, 2.05) is 25.7 Å². The molecule has 4 heteroatoms. The molecule has 1 rings (SSSR count). The Morgan fingerprint density at radius 2 is 1.79 bits per heavy atom. The summed E-state index contributed by atoms with van der Waals surface area (Å²) in [6, 6.07) is 0.294. The lowest BCUT2D eigenvalue weighted by atomic mass is 9.94. The van der Waals surface area contributed by atoms with Crippen LogP contribution in [0.3, 0.4) is 0 Å². The van der Waals surface area contributed by atoms with Gasteiger partial charge < -0.3 is 9.64 Å². The first-order valence-electron chi connectivity index (χ1n) is 7.20. The summed E-state index contributed by atoms with van der Waals surface area (Å²) in [5, 5.41) is 0. The molecular formula is C15H27NO3. The van der Waals surface area contributed by atoms with Gasteiger partial charge in [-0.05, 0) is 46.5 Å². The van der Waals surface area contributed by atoms with E-state index in [1.165, 1.54) is 6.42 Å². The highest BCUT2D eigenvalue weighted by molar-refractivity contribution is 5.81. The Morgan fingerprint density at radius 1 is 1.16 bits per heavy atom. The summed E-state index contributed by atoms with van der Waals surface area (Å²) in [6.45, 7) is 10.6. The van der Waals surface area contributed by atoms with Gasteiger partial charge in [-0.3, -0.25) is 9.59 Å². The molecule has 2 unspecified atom stereocenters. The second-order valence-electron chi connectivity index (χ2n) is 6.66. The van der Waals surface area contributed by atoms with Crippen molar-refractivity contribution in [2.45, 2.75) is 71.9 Å². The third-order valence-electron chi connectivity index (χ3n) is 3.40. The van der Waals surface area contributed by atoms with E-state index in [9.17, 15) is 9.59 Å². The molecule has 0 N–H and O–H groups in total. The largest absolute Gasteiger partial charge is 0.460 e. The van der Waals surface area contributed by atoms with Crippen molar-refractivity contribution in [1.29, 1.82) is 0 Å². The predicted octanol–water partition coefficient (Wildman–Crippen LogP) is 2.76. The van der Waals surface area contributed by atoms with Crippen molar-refractivity contribution in [2.24, 2.45) is 5.92 Å². The van der Waals surface area contributed by atoms with Gasteiger partial charge in [-0.15, -0.1) is 0 Å². The van der Waals surface area contributed by atoms with E-state index in [-0.39, 0.29) is 24.7 Å². The van der Waals surface area contributed by atoms with E-state index in [0.717, 1.165) is 13.0 Å². The molecular weight excluding hydrogens is 242 g/mol.